The number of carbonyl (C=O) groups excluding carboxylic acids is 1. The second kappa shape index (κ2) is 9.50. The van der Waals surface area contributed by atoms with E-state index >= 15 is 0 Å². The number of anilines is 1. The van der Waals surface area contributed by atoms with Gasteiger partial charge in [-0.25, -0.2) is 14.4 Å². The predicted molar refractivity (Wildman–Crippen MR) is 125 cm³/mol. The molecule has 13 heteroatoms. The first-order chi connectivity index (χ1) is 17.5. The minimum absolute atomic E-state index is 0.0000350. The molecule has 0 fully saturated rings. The fourth-order valence-electron chi connectivity index (χ4n) is 3.43. The summed E-state index contributed by atoms with van der Waals surface area (Å²) < 4.78 is 24.6. The molecule has 4 N–H and O–H groups in total. The molecule has 0 aliphatic carbocycles. The van der Waals surface area contributed by atoms with Gasteiger partial charge in [0.15, 0.2) is 5.69 Å². The van der Waals surface area contributed by atoms with Crippen LogP contribution in [0.1, 0.15) is 21.7 Å². The summed E-state index contributed by atoms with van der Waals surface area (Å²) >= 11 is 0. The summed E-state index contributed by atoms with van der Waals surface area (Å²) in [4.78, 5) is 12.9. The van der Waals surface area contributed by atoms with Crippen LogP contribution in [0.3, 0.4) is 0 Å². The number of nitrogens with two attached hydrogens (primary N) is 1. The van der Waals surface area contributed by atoms with Gasteiger partial charge in [0, 0.05) is 5.56 Å². The van der Waals surface area contributed by atoms with Crippen LogP contribution in [0.15, 0.2) is 70.4 Å². The smallest absolute Gasteiger partial charge is 0.293 e. The molecule has 0 unspecified atom stereocenters. The fraction of sp³-hybridized carbons (Fsp3) is 0.0435. The summed E-state index contributed by atoms with van der Waals surface area (Å²) in [5.41, 5.74) is 8.58. The molecule has 5 rings (SSSR count). The van der Waals surface area contributed by atoms with Crippen molar-refractivity contribution in [3.63, 3.8) is 0 Å². The van der Waals surface area contributed by atoms with Gasteiger partial charge in [-0.15, -0.1) is 5.10 Å². The molecule has 0 atom stereocenters. The Morgan fingerprint density at radius 2 is 1.97 bits per heavy atom. The first kappa shape index (κ1) is 22.5. The summed E-state index contributed by atoms with van der Waals surface area (Å²) in [5.74, 6) is -0.885. The molecule has 36 heavy (non-hydrogen) atoms. The number of nitrogen functional groups attached to an aromatic ring is 1. The Morgan fingerprint density at radius 1 is 1.17 bits per heavy atom. The van der Waals surface area contributed by atoms with Crippen LogP contribution in [-0.4, -0.2) is 42.5 Å². The number of carbonyl (C=O) groups is 1. The van der Waals surface area contributed by atoms with Gasteiger partial charge in [-0.2, -0.15) is 9.78 Å². The summed E-state index contributed by atoms with van der Waals surface area (Å²) in [6, 6.07) is 16.0. The average molecular weight is 488 g/mol. The zero-order valence-corrected chi connectivity index (χ0v) is 18.4. The molecule has 0 aliphatic heterocycles. The van der Waals surface area contributed by atoms with Gasteiger partial charge >= 0.3 is 0 Å². The molecule has 5 aromatic rings. The molecule has 2 aromatic heterocycles. The van der Waals surface area contributed by atoms with Crippen molar-refractivity contribution in [1.29, 1.82) is 0 Å². The van der Waals surface area contributed by atoms with Crippen molar-refractivity contribution in [2.24, 2.45) is 5.10 Å². The van der Waals surface area contributed by atoms with Gasteiger partial charge in [-0.3, -0.25) is 4.79 Å². The Kier molecular flexibility index (Phi) is 5.93. The maximum Gasteiger partial charge on any atom is 0.293 e. The summed E-state index contributed by atoms with van der Waals surface area (Å²) in [6.45, 7) is -0.207. The average Bonchev–Trinajstić information content (AvgIpc) is 3.50. The lowest BCUT2D eigenvalue weighted by atomic mass is 10.0. The van der Waals surface area contributed by atoms with Crippen LogP contribution in [-0.2, 0) is 6.61 Å². The summed E-state index contributed by atoms with van der Waals surface area (Å²) in [5, 5.41) is 30.9. The minimum Gasteiger partial charge on any atom is -0.507 e. The Balaban J connectivity index is 1.42. The van der Waals surface area contributed by atoms with Crippen molar-refractivity contribution in [2.45, 2.75) is 6.61 Å². The SMILES string of the molecule is Nc1nonc1-n1nnc(C(=O)NN=Cc2c(O)ccc3ccccc23)c1COc1ccc(F)cc1. The molecule has 0 spiro atoms. The van der Waals surface area contributed by atoms with Crippen LogP contribution in [0.2, 0.25) is 0 Å². The summed E-state index contributed by atoms with van der Waals surface area (Å²) in [7, 11) is 0. The highest BCUT2D eigenvalue weighted by molar-refractivity contribution is 6.03. The van der Waals surface area contributed by atoms with Gasteiger partial charge in [0.2, 0.25) is 11.6 Å². The number of hydrogen-bond donors (Lipinski definition) is 3. The van der Waals surface area contributed by atoms with E-state index < -0.39 is 11.7 Å². The van der Waals surface area contributed by atoms with Crippen LogP contribution in [0, 0.1) is 5.82 Å². The van der Waals surface area contributed by atoms with Gasteiger partial charge in [-0.1, -0.05) is 35.5 Å². The molecule has 1 amide bonds. The molecule has 180 valence electrons. The van der Waals surface area contributed by atoms with Gasteiger partial charge < -0.3 is 15.6 Å². The number of aromatic nitrogens is 5. The number of phenolic OH excluding ortho intramolecular Hbond substituents is 1. The second-order valence-electron chi connectivity index (χ2n) is 7.43. The van der Waals surface area contributed by atoms with E-state index in [2.05, 4.69) is 35.8 Å². The van der Waals surface area contributed by atoms with E-state index in [0.29, 0.717) is 11.3 Å². The maximum absolute atomic E-state index is 13.2. The van der Waals surface area contributed by atoms with Gasteiger partial charge in [0.25, 0.3) is 5.91 Å². The Morgan fingerprint density at radius 3 is 2.75 bits per heavy atom. The third-order valence-corrected chi connectivity index (χ3v) is 5.17. The number of ether oxygens (including phenoxy) is 1. The van der Waals surface area contributed by atoms with Crippen molar-refractivity contribution < 1.29 is 23.7 Å². The largest absolute Gasteiger partial charge is 0.507 e. The number of hydrazone groups is 1. The number of phenols is 1. The standard InChI is InChI=1S/C23H17FN8O4/c24-14-6-8-15(9-7-14)35-12-18-20(27-31-32(18)22-21(25)29-36-30-22)23(34)28-26-11-17-16-4-2-1-3-13(16)5-10-19(17)33/h1-11,33H,12H2,(H2,25,29)(H,28,34). The van der Waals surface area contributed by atoms with Crippen molar-refractivity contribution in [2.75, 3.05) is 5.73 Å². The highest BCUT2D eigenvalue weighted by atomic mass is 19.1. The van der Waals surface area contributed by atoms with E-state index in [1.165, 1.54) is 30.5 Å². The normalized spacial score (nSPS) is 11.2. The number of aromatic hydroxyl groups is 1. The quantitative estimate of drug-likeness (QED) is 0.230. The fourth-order valence-corrected chi connectivity index (χ4v) is 3.43. The Labute approximate surface area is 201 Å². The molecular formula is C23H17FN8O4. The van der Waals surface area contributed by atoms with Crippen molar-refractivity contribution in [1.82, 2.24) is 30.7 Å². The molecule has 0 aliphatic rings. The number of benzene rings is 3. The first-order valence-electron chi connectivity index (χ1n) is 10.5. The van der Waals surface area contributed by atoms with Crippen molar-refractivity contribution in [3.8, 4) is 17.3 Å². The van der Waals surface area contributed by atoms with Crippen LogP contribution >= 0.6 is 0 Å². The number of fused-ring (bicyclic) bond motifs is 1. The Hall–Kier alpha value is -5.33. The molecule has 0 radical (unpaired) electrons. The monoisotopic (exact) mass is 488 g/mol. The van der Waals surface area contributed by atoms with E-state index in [4.69, 9.17) is 10.5 Å². The highest BCUT2D eigenvalue weighted by Gasteiger charge is 2.24. The van der Waals surface area contributed by atoms with Gasteiger partial charge in [-0.05, 0) is 51.4 Å². The number of rotatable bonds is 7. The highest BCUT2D eigenvalue weighted by Crippen LogP contribution is 2.25. The number of nitrogens with zero attached hydrogens (tertiary/aromatic N) is 6. The van der Waals surface area contributed by atoms with Crippen LogP contribution in [0.4, 0.5) is 10.2 Å². The van der Waals surface area contributed by atoms with Crippen LogP contribution < -0.4 is 15.9 Å². The van der Waals surface area contributed by atoms with E-state index in [9.17, 15) is 14.3 Å². The van der Waals surface area contributed by atoms with Crippen molar-refractivity contribution in [3.05, 3.63) is 83.4 Å². The maximum atomic E-state index is 13.2. The van der Waals surface area contributed by atoms with Crippen LogP contribution in [0.25, 0.3) is 16.6 Å². The lowest BCUT2D eigenvalue weighted by molar-refractivity contribution is 0.0947. The zero-order chi connectivity index (χ0) is 25.1. The number of halogens is 1. The second-order valence-corrected chi connectivity index (χ2v) is 7.43. The number of nitrogens with one attached hydrogen (secondary N) is 1. The van der Waals surface area contributed by atoms with Gasteiger partial charge in [0.05, 0.1) is 6.21 Å². The van der Waals surface area contributed by atoms with Crippen LogP contribution in [0.5, 0.6) is 11.5 Å². The molecular weight excluding hydrogens is 471 g/mol. The van der Waals surface area contributed by atoms with Gasteiger partial charge in [0.1, 0.15) is 29.6 Å². The third kappa shape index (κ3) is 4.40. The molecule has 0 saturated carbocycles. The number of amides is 1. The molecule has 3 aromatic carbocycles. The van der Waals surface area contributed by atoms with E-state index in [1.54, 1.807) is 12.1 Å². The number of hydrogen-bond acceptors (Lipinski definition) is 10. The Bertz CT molecular complexity index is 1580. The third-order valence-electron chi connectivity index (χ3n) is 5.17. The van der Waals surface area contributed by atoms with E-state index in [-0.39, 0.29) is 35.4 Å². The lowest BCUT2D eigenvalue weighted by Crippen LogP contribution is -2.21. The van der Waals surface area contributed by atoms with Crippen molar-refractivity contribution >= 4 is 28.7 Å². The summed E-state index contributed by atoms with van der Waals surface area (Å²) in [6.07, 6.45) is 1.33. The molecule has 0 bridgehead atoms. The predicted octanol–water partition coefficient (Wildman–Crippen LogP) is 2.57. The lowest BCUT2D eigenvalue weighted by Gasteiger charge is -2.08. The zero-order valence-electron chi connectivity index (χ0n) is 18.4. The molecule has 12 nitrogen and oxygen atoms in total. The molecule has 2 heterocycles. The topological polar surface area (TPSA) is 167 Å². The first-order valence-corrected chi connectivity index (χ1v) is 10.5. The minimum atomic E-state index is -0.718. The van der Waals surface area contributed by atoms with E-state index in [1.807, 2.05) is 24.3 Å². The van der Waals surface area contributed by atoms with E-state index in [0.717, 1.165) is 15.5 Å². The molecule has 0 saturated heterocycles.